The summed E-state index contributed by atoms with van der Waals surface area (Å²) in [7, 11) is 4.79. The van der Waals surface area contributed by atoms with Crippen LogP contribution in [-0.2, 0) is 4.79 Å². The molecule has 0 unspecified atom stereocenters. The van der Waals surface area contributed by atoms with Gasteiger partial charge in [0.05, 0.1) is 26.9 Å². The van der Waals surface area contributed by atoms with E-state index in [2.05, 4.69) is 20.7 Å². The van der Waals surface area contributed by atoms with Crippen molar-refractivity contribution in [1.82, 2.24) is 14.8 Å². The van der Waals surface area contributed by atoms with Crippen molar-refractivity contribution >= 4 is 29.3 Å². The molecule has 0 aliphatic carbocycles. The van der Waals surface area contributed by atoms with Crippen LogP contribution in [0.3, 0.4) is 0 Å². The smallest absolute Gasteiger partial charge is 0.255 e. The highest BCUT2D eigenvalue weighted by atomic mass is 32.2. The first-order valence-electron chi connectivity index (χ1n) is 10.1. The van der Waals surface area contributed by atoms with E-state index in [9.17, 15) is 4.79 Å². The highest BCUT2D eigenvalue weighted by Gasteiger charge is 2.36. The Morgan fingerprint density at radius 1 is 1.06 bits per heavy atom. The summed E-state index contributed by atoms with van der Waals surface area (Å²) in [4.78, 5) is 18.1. The molecule has 4 rings (SSSR count). The van der Waals surface area contributed by atoms with Crippen molar-refractivity contribution in [3.05, 3.63) is 59.3 Å². The quantitative estimate of drug-likeness (QED) is 0.504. The molecule has 0 saturated carbocycles. The third kappa shape index (κ3) is 4.34. The van der Waals surface area contributed by atoms with Crippen LogP contribution in [0, 0.1) is 0 Å². The molecule has 9 nitrogen and oxygen atoms in total. The van der Waals surface area contributed by atoms with Crippen LogP contribution in [0.5, 0.6) is 17.2 Å². The van der Waals surface area contributed by atoms with E-state index < -0.39 is 6.04 Å². The van der Waals surface area contributed by atoms with Crippen molar-refractivity contribution in [3.8, 4) is 17.2 Å². The Morgan fingerprint density at radius 2 is 1.76 bits per heavy atom. The molecular formula is C23H25N5O4S. The molecule has 0 spiro atoms. The van der Waals surface area contributed by atoms with Gasteiger partial charge in [0.15, 0.2) is 0 Å². The van der Waals surface area contributed by atoms with E-state index in [1.165, 1.54) is 11.8 Å². The van der Waals surface area contributed by atoms with Crippen molar-refractivity contribution < 1.29 is 19.0 Å². The average molecular weight is 468 g/mol. The predicted molar refractivity (Wildman–Crippen MR) is 127 cm³/mol. The van der Waals surface area contributed by atoms with E-state index in [0.717, 1.165) is 5.56 Å². The van der Waals surface area contributed by atoms with Crippen molar-refractivity contribution in [3.63, 3.8) is 0 Å². The molecule has 2 N–H and O–H groups in total. The van der Waals surface area contributed by atoms with Crippen molar-refractivity contribution in [2.45, 2.75) is 18.1 Å². The summed E-state index contributed by atoms with van der Waals surface area (Å²) in [5, 5.41) is 11.4. The second kappa shape index (κ2) is 9.45. The molecule has 0 saturated heterocycles. The number of amides is 1. The monoisotopic (exact) mass is 467 g/mol. The van der Waals surface area contributed by atoms with Gasteiger partial charge in [-0.3, -0.25) is 4.79 Å². The lowest BCUT2D eigenvalue weighted by molar-refractivity contribution is -0.113. The van der Waals surface area contributed by atoms with Crippen molar-refractivity contribution in [1.29, 1.82) is 0 Å². The summed E-state index contributed by atoms with van der Waals surface area (Å²) in [5.41, 5.74) is 2.54. The molecule has 10 heteroatoms. The highest BCUT2D eigenvalue weighted by Crippen LogP contribution is 2.41. The van der Waals surface area contributed by atoms with E-state index in [1.807, 2.05) is 31.4 Å². The van der Waals surface area contributed by atoms with Gasteiger partial charge in [-0.05, 0) is 55.6 Å². The minimum Gasteiger partial charge on any atom is -0.497 e. The number of hydrogen-bond acceptors (Lipinski definition) is 8. The second-order valence-electron chi connectivity index (χ2n) is 7.22. The van der Waals surface area contributed by atoms with Gasteiger partial charge in [0, 0.05) is 16.9 Å². The molecule has 1 aliphatic rings. The first kappa shape index (κ1) is 22.5. The topological polar surface area (TPSA) is 99.5 Å². The molecule has 0 bridgehead atoms. The number of rotatable bonds is 7. The lowest BCUT2D eigenvalue weighted by Crippen LogP contribution is -2.31. The van der Waals surface area contributed by atoms with Gasteiger partial charge in [0.2, 0.25) is 11.1 Å². The van der Waals surface area contributed by atoms with Gasteiger partial charge in [-0.25, -0.2) is 4.68 Å². The zero-order chi connectivity index (χ0) is 23.5. The summed E-state index contributed by atoms with van der Waals surface area (Å²) in [6.45, 7) is 1.85. The lowest BCUT2D eigenvalue weighted by Gasteiger charge is -2.29. The summed E-state index contributed by atoms with van der Waals surface area (Å²) in [6, 6.07) is 12.1. The number of anilines is 2. The molecule has 1 atom stereocenters. The van der Waals surface area contributed by atoms with Crippen LogP contribution in [0.15, 0.2) is 58.9 Å². The average Bonchev–Trinajstić information content (AvgIpc) is 3.25. The third-order valence-electron chi connectivity index (χ3n) is 5.34. The first-order chi connectivity index (χ1) is 16.0. The van der Waals surface area contributed by atoms with Crippen LogP contribution in [0.4, 0.5) is 11.6 Å². The maximum absolute atomic E-state index is 13.6. The molecular weight excluding hydrogens is 442 g/mol. The number of ether oxygens (including phenoxy) is 3. The number of carbonyl (C=O) groups excluding carboxylic acids is 1. The van der Waals surface area contributed by atoms with Gasteiger partial charge in [-0.15, -0.1) is 5.10 Å². The number of benzene rings is 2. The number of fused-ring (bicyclic) bond motifs is 1. The van der Waals surface area contributed by atoms with E-state index in [1.54, 1.807) is 50.3 Å². The van der Waals surface area contributed by atoms with Gasteiger partial charge < -0.3 is 24.8 Å². The summed E-state index contributed by atoms with van der Waals surface area (Å²) in [6.07, 6.45) is 1.90. The zero-order valence-electron chi connectivity index (χ0n) is 19.0. The fourth-order valence-corrected chi connectivity index (χ4v) is 4.07. The number of methoxy groups -OCH3 is 3. The van der Waals surface area contributed by atoms with Gasteiger partial charge in [-0.2, -0.15) is 4.98 Å². The van der Waals surface area contributed by atoms with Gasteiger partial charge in [0.1, 0.15) is 23.3 Å². The Morgan fingerprint density at radius 3 is 2.39 bits per heavy atom. The zero-order valence-corrected chi connectivity index (χ0v) is 19.8. The maximum atomic E-state index is 13.6. The summed E-state index contributed by atoms with van der Waals surface area (Å²) >= 11 is 1.42. The molecule has 2 aromatic carbocycles. The SMILES string of the molecule is COc1ccc(NC(=O)C2=C(C)Nc3nc(SC)nn3[C@@H]2c2cc(OC)ccc2OC)cc1. The first-order valence-corrected chi connectivity index (χ1v) is 11.4. The number of aromatic nitrogens is 3. The van der Waals surface area contributed by atoms with Crippen molar-refractivity contribution in [2.75, 3.05) is 38.2 Å². The van der Waals surface area contributed by atoms with Crippen LogP contribution >= 0.6 is 11.8 Å². The molecule has 1 aliphatic heterocycles. The standard InChI is InChI=1S/C23H25N5O4S/c1-13-19(21(29)25-14-6-8-15(30-2)9-7-14)20(28-22(24-13)26-23(27-28)33-5)17-12-16(31-3)10-11-18(17)32-4/h6-12,20H,1-5H3,(H,25,29)(H,24,26,27)/t20-/m1/s1. The number of thioether (sulfide) groups is 1. The Bertz CT molecular complexity index is 1210. The van der Waals surface area contributed by atoms with Gasteiger partial charge in [-0.1, -0.05) is 11.8 Å². The molecule has 0 fully saturated rings. The molecule has 3 aromatic rings. The maximum Gasteiger partial charge on any atom is 0.255 e. The number of carbonyl (C=O) groups is 1. The van der Waals surface area contributed by atoms with Crippen LogP contribution < -0.4 is 24.8 Å². The number of nitrogens with one attached hydrogen (secondary N) is 2. The summed E-state index contributed by atoms with van der Waals surface area (Å²) in [5.74, 6) is 2.24. The molecule has 172 valence electrons. The highest BCUT2D eigenvalue weighted by molar-refractivity contribution is 7.98. The Hall–Kier alpha value is -3.66. The van der Waals surface area contributed by atoms with Crippen molar-refractivity contribution in [2.24, 2.45) is 0 Å². The van der Waals surface area contributed by atoms with Crippen LogP contribution in [0.2, 0.25) is 0 Å². The van der Waals surface area contributed by atoms with E-state index in [0.29, 0.717) is 45.3 Å². The molecule has 1 aromatic heterocycles. The number of hydrogen-bond donors (Lipinski definition) is 2. The van der Waals surface area contributed by atoms with E-state index in [4.69, 9.17) is 14.2 Å². The predicted octanol–water partition coefficient (Wildman–Crippen LogP) is 3.95. The largest absolute Gasteiger partial charge is 0.497 e. The number of allylic oxidation sites excluding steroid dienone is 1. The molecule has 1 amide bonds. The van der Waals surface area contributed by atoms with Crippen LogP contribution in [0.25, 0.3) is 0 Å². The lowest BCUT2D eigenvalue weighted by atomic mass is 9.94. The third-order valence-corrected chi connectivity index (χ3v) is 5.88. The van der Waals surface area contributed by atoms with E-state index >= 15 is 0 Å². The fourth-order valence-electron chi connectivity index (χ4n) is 3.73. The second-order valence-corrected chi connectivity index (χ2v) is 8.00. The Balaban J connectivity index is 1.82. The number of nitrogens with zero attached hydrogens (tertiary/aromatic N) is 3. The Labute approximate surface area is 196 Å². The molecule has 0 radical (unpaired) electrons. The van der Waals surface area contributed by atoms with Crippen LogP contribution in [-0.4, -0.2) is 48.3 Å². The Kier molecular flexibility index (Phi) is 6.45. The minimum absolute atomic E-state index is 0.271. The van der Waals surface area contributed by atoms with Gasteiger partial charge in [0.25, 0.3) is 5.91 Å². The normalized spacial score (nSPS) is 14.9. The molecule has 33 heavy (non-hydrogen) atoms. The van der Waals surface area contributed by atoms with E-state index in [-0.39, 0.29) is 5.91 Å². The summed E-state index contributed by atoms with van der Waals surface area (Å²) < 4.78 is 18.0. The molecule has 2 heterocycles. The van der Waals surface area contributed by atoms with Gasteiger partial charge >= 0.3 is 0 Å². The fraction of sp³-hybridized carbons (Fsp3) is 0.261. The minimum atomic E-state index is -0.585. The van der Waals surface area contributed by atoms with Crippen LogP contribution in [0.1, 0.15) is 18.5 Å².